The summed E-state index contributed by atoms with van der Waals surface area (Å²) in [6, 6.07) is 0. The Morgan fingerprint density at radius 3 is 2.67 bits per heavy atom. The van der Waals surface area contributed by atoms with E-state index < -0.39 is 24.5 Å². The second-order valence-electron chi connectivity index (χ2n) is 3.54. The van der Waals surface area contributed by atoms with Crippen LogP contribution in [-0.4, -0.2) is 47.5 Å². The minimum atomic E-state index is -1.58. The molecule has 5 N–H and O–H groups in total. The topological polar surface area (TPSA) is 147 Å². The predicted octanol–water partition coefficient (Wildman–Crippen LogP) is -2.39. The lowest BCUT2D eigenvalue weighted by Crippen LogP contribution is -2.31. The Morgan fingerprint density at radius 1 is 1.33 bits per heavy atom. The average molecular weight is 253 g/mol. The van der Waals surface area contributed by atoms with E-state index in [0.717, 1.165) is 4.57 Å². The van der Waals surface area contributed by atoms with Crippen LogP contribution in [0.25, 0.3) is 11.2 Å². The first-order valence-corrected chi connectivity index (χ1v) is 5.02. The van der Waals surface area contributed by atoms with Crippen molar-refractivity contribution in [2.24, 2.45) is 0 Å². The highest BCUT2D eigenvalue weighted by atomic mass is 16.4. The number of hydrogen-bond acceptors (Lipinski definition) is 8. The van der Waals surface area contributed by atoms with E-state index in [-0.39, 0.29) is 17.1 Å². The van der Waals surface area contributed by atoms with Gasteiger partial charge in [-0.2, -0.15) is 4.98 Å². The number of rotatable bonds is 3. The molecule has 2 rings (SSSR count). The number of nitrogens with zero attached hydrogens (tertiary/aromatic N) is 4. The summed E-state index contributed by atoms with van der Waals surface area (Å²) in [6.07, 6.45) is -0.472. The third-order valence-electron chi connectivity index (χ3n) is 2.37. The molecule has 2 heterocycles. The normalized spacial score (nSPS) is 14.6. The third-order valence-corrected chi connectivity index (χ3v) is 2.37. The Kier molecular flexibility index (Phi) is 3.19. The van der Waals surface area contributed by atoms with E-state index in [4.69, 9.17) is 10.8 Å². The molecule has 0 bridgehead atoms. The van der Waals surface area contributed by atoms with Crippen molar-refractivity contribution in [3.8, 4) is 0 Å². The van der Waals surface area contributed by atoms with Gasteiger partial charge in [-0.3, -0.25) is 9.36 Å². The molecule has 2 aromatic rings. The molecule has 0 spiro atoms. The van der Waals surface area contributed by atoms with E-state index in [1.807, 2.05) is 0 Å². The maximum Gasteiger partial charge on any atom is 0.302 e. The van der Waals surface area contributed by atoms with Gasteiger partial charge >= 0.3 is 5.56 Å². The second-order valence-corrected chi connectivity index (χ2v) is 3.54. The largest absolute Gasteiger partial charge is 0.394 e. The molecule has 0 aromatic carbocycles. The standard InChI is InChI=1S/C9H11N5O4/c10-9-13-7(17)5-6(12-2-1-11-5)14(9)8(18)4(16)3-15/h1-2,4,8,15-16,18H,3H2,(H2,10,13,17). The summed E-state index contributed by atoms with van der Waals surface area (Å²) in [5, 5.41) is 28.0. The second kappa shape index (κ2) is 4.64. The lowest BCUT2D eigenvalue weighted by molar-refractivity contribution is -0.0511. The minimum absolute atomic E-state index is 0.0185. The summed E-state index contributed by atoms with van der Waals surface area (Å²) in [6.45, 7) is -0.686. The zero-order valence-electron chi connectivity index (χ0n) is 9.13. The van der Waals surface area contributed by atoms with Crippen LogP contribution >= 0.6 is 0 Å². The third kappa shape index (κ3) is 1.90. The molecule has 0 amide bonds. The molecule has 96 valence electrons. The van der Waals surface area contributed by atoms with E-state index in [1.165, 1.54) is 12.4 Å². The highest BCUT2D eigenvalue weighted by Gasteiger charge is 2.22. The van der Waals surface area contributed by atoms with Gasteiger partial charge in [0.05, 0.1) is 6.61 Å². The number of aliphatic hydroxyl groups is 3. The first-order chi connectivity index (χ1) is 8.56. The van der Waals surface area contributed by atoms with Crippen LogP contribution < -0.4 is 11.3 Å². The average Bonchev–Trinajstić information content (AvgIpc) is 2.37. The van der Waals surface area contributed by atoms with Crippen LogP contribution in [-0.2, 0) is 0 Å². The molecule has 2 unspecified atom stereocenters. The fraction of sp³-hybridized carbons (Fsp3) is 0.333. The van der Waals surface area contributed by atoms with Crippen LogP contribution in [0.5, 0.6) is 0 Å². The Balaban J connectivity index is 2.74. The van der Waals surface area contributed by atoms with E-state index in [2.05, 4.69) is 15.0 Å². The molecule has 0 saturated heterocycles. The van der Waals surface area contributed by atoms with Crippen LogP contribution in [0.15, 0.2) is 17.2 Å². The summed E-state index contributed by atoms with van der Waals surface area (Å²) < 4.78 is 0.935. The summed E-state index contributed by atoms with van der Waals surface area (Å²) in [5.41, 5.74) is 4.72. The summed E-state index contributed by atoms with van der Waals surface area (Å²) >= 11 is 0. The molecule has 0 radical (unpaired) electrons. The molecular weight excluding hydrogens is 242 g/mol. The molecular formula is C9H11N5O4. The Morgan fingerprint density at radius 2 is 2.00 bits per heavy atom. The van der Waals surface area contributed by atoms with Crippen molar-refractivity contribution in [1.29, 1.82) is 0 Å². The zero-order chi connectivity index (χ0) is 13.3. The van der Waals surface area contributed by atoms with E-state index in [1.54, 1.807) is 0 Å². The SMILES string of the molecule is Nc1nc(=O)c2nccnc2n1C(O)C(O)CO. The molecule has 0 aliphatic heterocycles. The first-order valence-electron chi connectivity index (χ1n) is 5.02. The van der Waals surface area contributed by atoms with Gasteiger partial charge in [0.25, 0.3) is 0 Å². The predicted molar refractivity (Wildman–Crippen MR) is 60.4 cm³/mol. The minimum Gasteiger partial charge on any atom is -0.394 e. The Bertz CT molecular complexity index is 628. The fourth-order valence-corrected chi connectivity index (χ4v) is 1.50. The van der Waals surface area contributed by atoms with Gasteiger partial charge in [-0.15, -0.1) is 0 Å². The van der Waals surface area contributed by atoms with Crippen LogP contribution in [0, 0.1) is 0 Å². The molecule has 2 atom stereocenters. The van der Waals surface area contributed by atoms with Gasteiger partial charge in [0, 0.05) is 12.4 Å². The number of aromatic nitrogens is 4. The lowest BCUT2D eigenvalue weighted by atomic mass is 10.3. The monoisotopic (exact) mass is 253 g/mol. The first kappa shape index (κ1) is 12.4. The number of fused-ring (bicyclic) bond motifs is 1. The molecule has 0 aliphatic carbocycles. The van der Waals surface area contributed by atoms with Gasteiger partial charge in [0.1, 0.15) is 6.10 Å². The number of nitrogens with two attached hydrogens (primary N) is 1. The van der Waals surface area contributed by atoms with Gasteiger partial charge in [-0.05, 0) is 0 Å². The van der Waals surface area contributed by atoms with Crippen molar-refractivity contribution in [1.82, 2.24) is 19.5 Å². The van der Waals surface area contributed by atoms with Gasteiger partial charge in [-0.25, -0.2) is 9.97 Å². The van der Waals surface area contributed by atoms with Crippen molar-refractivity contribution >= 4 is 17.1 Å². The van der Waals surface area contributed by atoms with Gasteiger partial charge in [-0.1, -0.05) is 0 Å². The van der Waals surface area contributed by atoms with Gasteiger partial charge < -0.3 is 21.1 Å². The zero-order valence-corrected chi connectivity index (χ0v) is 9.13. The van der Waals surface area contributed by atoms with Crippen LogP contribution in [0.3, 0.4) is 0 Å². The van der Waals surface area contributed by atoms with Gasteiger partial charge in [0.15, 0.2) is 17.4 Å². The fourth-order valence-electron chi connectivity index (χ4n) is 1.50. The maximum absolute atomic E-state index is 11.5. The van der Waals surface area contributed by atoms with Crippen molar-refractivity contribution in [2.75, 3.05) is 12.3 Å². The highest BCUT2D eigenvalue weighted by Crippen LogP contribution is 2.16. The van der Waals surface area contributed by atoms with E-state index in [9.17, 15) is 15.0 Å². The summed E-state index contributed by atoms with van der Waals surface area (Å²) in [7, 11) is 0. The van der Waals surface area contributed by atoms with Gasteiger partial charge in [0.2, 0.25) is 5.95 Å². The molecule has 2 aromatic heterocycles. The maximum atomic E-state index is 11.5. The number of hydrogen-bond donors (Lipinski definition) is 4. The smallest absolute Gasteiger partial charge is 0.302 e. The summed E-state index contributed by atoms with van der Waals surface area (Å²) in [5.74, 6) is -0.326. The molecule has 0 saturated carbocycles. The number of nitrogen functional groups attached to an aromatic ring is 1. The molecule has 9 nitrogen and oxygen atoms in total. The number of anilines is 1. The molecule has 18 heavy (non-hydrogen) atoms. The molecule has 9 heteroatoms. The van der Waals surface area contributed by atoms with Crippen molar-refractivity contribution in [3.05, 3.63) is 22.7 Å². The Hall–Kier alpha value is -2.10. The van der Waals surface area contributed by atoms with E-state index in [0.29, 0.717) is 0 Å². The van der Waals surface area contributed by atoms with Crippen molar-refractivity contribution in [3.63, 3.8) is 0 Å². The number of aliphatic hydroxyl groups excluding tert-OH is 3. The molecule has 0 fully saturated rings. The Labute approximate surface area is 100 Å². The van der Waals surface area contributed by atoms with E-state index >= 15 is 0 Å². The van der Waals surface area contributed by atoms with Crippen LogP contribution in [0.1, 0.15) is 6.23 Å². The lowest BCUT2D eigenvalue weighted by Gasteiger charge is -2.21. The summed E-state index contributed by atoms with van der Waals surface area (Å²) in [4.78, 5) is 22.6. The quantitative estimate of drug-likeness (QED) is 0.473. The van der Waals surface area contributed by atoms with Crippen LogP contribution in [0.4, 0.5) is 5.95 Å². The van der Waals surface area contributed by atoms with Crippen molar-refractivity contribution < 1.29 is 15.3 Å². The van der Waals surface area contributed by atoms with Crippen molar-refractivity contribution in [2.45, 2.75) is 12.3 Å². The highest BCUT2D eigenvalue weighted by molar-refractivity contribution is 5.70. The molecule has 0 aliphatic rings. The van der Waals surface area contributed by atoms with Crippen LogP contribution in [0.2, 0.25) is 0 Å².